The van der Waals surface area contributed by atoms with E-state index in [1.165, 1.54) is 11.1 Å². The molecule has 2 aromatic rings. The summed E-state index contributed by atoms with van der Waals surface area (Å²) in [6, 6.07) is 13.8. The van der Waals surface area contributed by atoms with Crippen LogP contribution in [0.3, 0.4) is 0 Å². The van der Waals surface area contributed by atoms with Gasteiger partial charge in [0.2, 0.25) is 0 Å². The van der Waals surface area contributed by atoms with Gasteiger partial charge in [-0.15, -0.1) is 0 Å². The van der Waals surface area contributed by atoms with E-state index in [0.29, 0.717) is 23.6 Å². The van der Waals surface area contributed by atoms with Crippen molar-refractivity contribution in [2.45, 2.75) is 32.4 Å². The number of nitrogens with zero attached hydrogens (tertiary/aromatic N) is 1. The number of rotatable bonds is 6. The van der Waals surface area contributed by atoms with Gasteiger partial charge in [0.1, 0.15) is 11.5 Å². The Balaban J connectivity index is 1.66. The van der Waals surface area contributed by atoms with Gasteiger partial charge in [0.05, 0.1) is 19.8 Å². The fourth-order valence-electron chi connectivity index (χ4n) is 3.50. The molecule has 1 aliphatic heterocycles. The summed E-state index contributed by atoms with van der Waals surface area (Å²) in [6.07, 6.45) is 1.04. The lowest BCUT2D eigenvalue weighted by atomic mass is 9.94. The van der Waals surface area contributed by atoms with Crippen LogP contribution in [0.15, 0.2) is 42.5 Å². The number of hydrogen-bond acceptors (Lipinski definition) is 4. The van der Waals surface area contributed by atoms with Crippen LogP contribution >= 0.6 is 0 Å². The van der Waals surface area contributed by atoms with Crippen LogP contribution < -0.4 is 14.8 Å². The molecule has 0 bridgehead atoms. The van der Waals surface area contributed by atoms with Crippen molar-refractivity contribution in [2.75, 3.05) is 27.3 Å². The lowest BCUT2D eigenvalue weighted by molar-refractivity contribution is 0.0824. The Hall–Kier alpha value is -2.53. The number of amides is 1. The third kappa shape index (κ3) is 4.25. The SMILES string of the molecule is COc1ccc(C(=O)NCC(C)(C)N2CCc3ccccc3C2)c(OC)c1. The average molecular weight is 368 g/mol. The van der Waals surface area contributed by atoms with Crippen molar-refractivity contribution >= 4 is 5.91 Å². The molecule has 144 valence electrons. The highest BCUT2D eigenvalue weighted by atomic mass is 16.5. The third-order valence-electron chi connectivity index (χ3n) is 5.32. The van der Waals surface area contributed by atoms with E-state index in [1.54, 1.807) is 32.4 Å². The second-order valence-electron chi connectivity index (χ2n) is 7.50. The molecule has 0 saturated heterocycles. The normalized spacial score (nSPS) is 14.4. The molecule has 1 amide bonds. The second-order valence-corrected chi connectivity index (χ2v) is 7.50. The van der Waals surface area contributed by atoms with Gasteiger partial charge in [0, 0.05) is 31.2 Å². The summed E-state index contributed by atoms with van der Waals surface area (Å²) in [5.41, 5.74) is 3.16. The minimum atomic E-state index is -0.150. The Morgan fingerprint density at radius 1 is 1.11 bits per heavy atom. The summed E-state index contributed by atoms with van der Waals surface area (Å²) in [5, 5.41) is 3.07. The Morgan fingerprint density at radius 3 is 2.56 bits per heavy atom. The quantitative estimate of drug-likeness (QED) is 0.850. The smallest absolute Gasteiger partial charge is 0.255 e. The van der Waals surface area contributed by atoms with Crippen LogP contribution in [-0.2, 0) is 13.0 Å². The molecule has 1 aliphatic rings. The van der Waals surface area contributed by atoms with Crippen molar-refractivity contribution in [2.24, 2.45) is 0 Å². The number of carbonyl (C=O) groups is 1. The molecule has 5 heteroatoms. The summed E-state index contributed by atoms with van der Waals surface area (Å²) in [6.45, 7) is 6.80. The maximum atomic E-state index is 12.7. The van der Waals surface area contributed by atoms with Gasteiger partial charge in [-0.25, -0.2) is 0 Å². The van der Waals surface area contributed by atoms with E-state index < -0.39 is 0 Å². The van der Waals surface area contributed by atoms with Crippen LogP contribution in [0.1, 0.15) is 35.3 Å². The van der Waals surface area contributed by atoms with E-state index >= 15 is 0 Å². The molecular weight excluding hydrogens is 340 g/mol. The number of fused-ring (bicyclic) bond motifs is 1. The van der Waals surface area contributed by atoms with E-state index in [4.69, 9.17) is 9.47 Å². The van der Waals surface area contributed by atoms with Gasteiger partial charge in [-0.3, -0.25) is 9.69 Å². The summed E-state index contributed by atoms with van der Waals surface area (Å²) < 4.78 is 10.5. The minimum Gasteiger partial charge on any atom is -0.497 e. The monoisotopic (exact) mass is 368 g/mol. The van der Waals surface area contributed by atoms with Crippen LogP contribution in [-0.4, -0.2) is 43.7 Å². The van der Waals surface area contributed by atoms with Gasteiger partial charge in [-0.2, -0.15) is 0 Å². The lowest BCUT2D eigenvalue weighted by Crippen LogP contribution is -2.53. The Kier molecular flexibility index (Phi) is 5.71. The molecule has 0 aromatic heterocycles. The summed E-state index contributed by atoms with van der Waals surface area (Å²) in [5.74, 6) is 1.03. The summed E-state index contributed by atoms with van der Waals surface area (Å²) >= 11 is 0. The molecule has 0 saturated carbocycles. The van der Waals surface area contributed by atoms with Crippen LogP contribution in [0.2, 0.25) is 0 Å². The summed E-state index contributed by atoms with van der Waals surface area (Å²) in [4.78, 5) is 15.1. The number of benzene rings is 2. The Morgan fingerprint density at radius 2 is 1.85 bits per heavy atom. The van der Waals surface area contributed by atoms with Crippen LogP contribution in [0.5, 0.6) is 11.5 Å². The molecule has 27 heavy (non-hydrogen) atoms. The zero-order valence-electron chi connectivity index (χ0n) is 16.5. The van der Waals surface area contributed by atoms with Crippen molar-refractivity contribution in [3.8, 4) is 11.5 Å². The van der Waals surface area contributed by atoms with E-state index in [2.05, 4.69) is 48.3 Å². The predicted octanol–water partition coefficient (Wildman–Crippen LogP) is 3.27. The highest BCUT2D eigenvalue weighted by molar-refractivity contribution is 5.97. The fraction of sp³-hybridized carbons (Fsp3) is 0.409. The molecule has 0 spiro atoms. The topological polar surface area (TPSA) is 50.8 Å². The van der Waals surface area contributed by atoms with E-state index in [9.17, 15) is 4.79 Å². The van der Waals surface area contributed by atoms with Crippen molar-refractivity contribution in [3.05, 3.63) is 59.2 Å². The number of hydrogen-bond donors (Lipinski definition) is 1. The molecule has 2 aromatic carbocycles. The fourth-order valence-corrected chi connectivity index (χ4v) is 3.50. The van der Waals surface area contributed by atoms with Crippen molar-refractivity contribution in [1.82, 2.24) is 10.2 Å². The zero-order chi connectivity index (χ0) is 19.4. The van der Waals surface area contributed by atoms with Gasteiger partial charge in [-0.05, 0) is 43.5 Å². The average Bonchev–Trinajstić information content (AvgIpc) is 2.71. The maximum Gasteiger partial charge on any atom is 0.255 e. The van der Waals surface area contributed by atoms with Gasteiger partial charge < -0.3 is 14.8 Å². The van der Waals surface area contributed by atoms with Crippen LogP contribution in [0.25, 0.3) is 0 Å². The van der Waals surface area contributed by atoms with Gasteiger partial charge in [0.15, 0.2) is 0 Å². The third-order valence-corrected chi connectivity index (χ3v) is 5.32. The number of methoxy groups -OCH3 is 2. The standard InChI is InChI=1S/C22H28N2O3/c1-22(2,24-12-11-16-7-5-6-8-17(16)14-24)15-23-21(25)19-10-9-18(26-3)13-20(19)27-4/h5-10,13H,11-12,14-15H2,1-4H3,(H,23,25). The van der Waals surface area contributed by atoms with Crippen molar-refractivity contribution in [1.29, 1.82) is 0 Å². The molecule has 0 radical (unpaired) electrons. The van der Waals surface area contributed by atoms with Gasteiger partial charge >= 0.3 is 0 Å². The molecular formula is C22H28N2O3. The number of carbonyl (C=O) groups excluding carboxylic acids is 1. The Bertz CT molecular complexity index is 817. The summed E-state index contributed by atoms with van der Waals surface area (Å²) in [7, 11) is 3.15. The maximum absolute atomic E-state index is 12.7. The van der Waals surface area contributed by atoms with Crippen LogP contribution in [0.4, 0.5) is 0 Å². The van der Waals surface area contributed by atoms with E-state index in [-0.39, 0.29) is 11.4 Å². The van der Waals surface area contributed by atoms with Gasteiger partial charge in [-0.1, -0.05) is 24.3 Å². The first-order chi connectivity index (χ1) is 12.9. The molecule has 0 fully saturated rings. The molecule has 0 unspecified atom stereocenters. The molecule has 1 heterocycles. The molecule has 5 nitrogen and oxygen atoms in total. The molecule has 0 aliphatic carbocycles. The second kappa shape index (κ2) is 8.01. The highest BCUT2D eigenvalue weighted by Crippen LogP contribution is 2.26. The predicted molar refractivity (Wildman–Crippen MR) is 107 cm³/mol. The number of ether oxygens (including phenoxy) is 2. The highest BCUT2D eigenvalue weighted by Gasteiger charge is 2.30. The molecule has 0 atom stereocenters. The van der Waals surface area contributed by atoms with Crippen molar-refractivity contribution < 1.29 is 14.3 Å². The van der Waals surface area contributed by atoms with Gasteiger partial charge in [0.25, 0.3) is 5.91 Å². The minimum absolute atomic E-state index is 0.139. The number of nitrogens with one attached hydrogen (secondary N) is 1. The Labute approximate surface area is 161 Å². The lowest BCUT2D eigenvalue weighted by Gasteiger charge is -2.41. The van der Waals surface area contributed by atoms with E-state index in [1.807, 2.05) is 0 Å². The first-order valence-corrected chi connectivity index (χ1v) is 9.26. The van der Waals surface area contributed by atoms with Crippen molar-refractivity contribution in [3.63, 3.8) is 0 Å². The molecule has 1 N–H and O–H groups in total. The molecule has 3 rings (SSSR count). The first kappa shape index (κ1) is 19.2. The largest absolute Gasteiger partial charge is 0.497 e. The first-order valence-electron chi connectivity index (χ1n) is 9.26. The zero-order valence-corrected chi connectivity index (χ0v) is 16.5. The van der Waals surface area contributed by atoms with E-state index in [0.717, 1.165) is 19.5 Å². The van der Waals surface area contributed by atoms with Crippen LogP contribution in [0, 0.1) is 0 Å².